The summed E-state index contributed by atoms with van der Waals surface area (Å²) in [6.45, 7) is 5.91. The van der Waals surface area contributed by atoms with E-state index in [1.807, 2.05) is 0 Å². The van der Waals surface area contributed by atoms with Gasteiger partial charge in [-0.1, -0.05) is 54.1 Å². The van der Waals surface area contributed by atoms with Crippen molar-refractivity contribution in [3.63, 3.8) is 0 Å². The summed E-state index contributed by atoms with van der Waals surface area (Å²) in [6.07, 6.45) is -1.49. The molecule has 0 heterocycles. The van der Waals surface area contributed by atoms with Crippen LogP contribution in [-0.4, -0.2) is 58.6 Å². The largest absolute Gasteiger partial charge is 0.444 e. The lowest BCUT2D eigenvalue weighted by Gasteiger charge is -2.34. The van der Waals surface area contributed by atoms with Crippen LogP contribution in [0.15, 0.2) is 48.5 Å². The third-order valence-corrected chi connectivity index (χ3v) is 5.48. The number of anilines is 1. The lowest BCUT2D eigenvalue weighted by atomic mass is 10.0. The highest BCUT2D eigenvalue weighted by Gasteiger charge is 2.37. The van der Waals surface area contributed by atoms with E-state index in [9.17, 15) is 24.3 Å². The van der Waals surface area contributed by atoms with Crippen molar-refractivity contribution < 1.29 is 29.0 Å². The summed E-state index contributed by atoms with van der Waals surface area (Å²) < 4.78 is 5.22. The van der Waals surface area contributed by atoms with Crippen molar-refractivity contribution in [2.45, 2.75) is 51.8 Å². The molecule has 10 nitrogen and oxygen atoms in total. The van der Waals surface area contributed by atoms with E-state index in [1.54, 1.807) is 76.2 Å². The Kier molecular flexibility index (Phi) is 10.5. The average molecular weight is 533 g/mol. The van der Waals surface area contributed by atoms with Crippen LogP contribution in [0.25, 0.3) is 0 Å². The molecule has 0 aliphatic rings. The van der Waals surface area contributed by atoms with E-state index < -0.39 is 54.5 Å². The number of rotatable bonds is 10. The zero-order chi connectivity index (χ0) is 27.8. The molecule has 11 heteroatoms. The molecule has 0 fully saturated rings. The normalized spacial score (nSPS) is 12.7. The van der Waals surface area contributed by atoms with Crippen molar-refractivity contribution in [3.8, 4) is 0 Å². The van der Waals surface area contributed by atoms with Gasteiger partial charge < -0.3 is 31.1 Å². The topological polar surface area (TPSA) is 151 Å². The first-order valence-electron chi connectivity index (χ1n) is 11.6. The number of alkyl carbamates (subject to hydrolysis) is 1. The van der Waals surface area contributed by atoms with Crippen LogP contribution in [0.3, 0.4) is 0 Å². The number of aryl methyl sites for hydroxylation is 1. The number of ether oxygens (including phenoxy) is 1. The second-order valence-corrected chi connectivity index (χ2v) is 9.77. The van der Waals surface area contributed by atoms with E-state index in [0.29, 0.717) is 21.8 Å². The number of hydrogen-bond donors (Lipinski definition) is 4. The van der Waals surface area contributed by atoms with Crippen molar-refractivity contribution in [3.05, 3.63) is 64.7 Å². The Hall–Kier alpha value is -3.63. The Morgan fingerprint density at radius 3 is 2.27 bits per heavy atom. The molecule has 2 aromatic carbocycles. The molecule has 0 radical (unpaired) electrons. The number of amides is 4. The van der Waals surface area contributed by atoms with Gasteiger partial charge in [0.1, 0.15) is 17.7 Å². The maximum Gasteiger partial charge on any atom is 0.408 e. The Morgan fingerprint density at radius 2 is 1.73 bits per heavy atom. The molecule has 5 N–H and O–H groups in total. The summed E-state index contributed by atoms with van der Waals surface area (Å²) in [4.78, 5) is 52.6. The van der Waals surface area contributed by atoms with Crippen LogP contribution >= 0.6 is 11.6 Å². The first-order chi connectivity index (χ1) is 17.3. The minimum atomic E-state index is -1.44. The number of primary amides is 1. The zero-order valence-electron chi connectivity index (χ0n) is 21.3. The van der Waals surface area contributed by atoms with E-state index in [0.717, 1.165) is 4.90 Å². The summed E-state index contributed by atoms with van der Waals surface area (Å²) in [6, 6.07) is 10.9. The van der Waals surface area contributed by atoms with Gasteiger partial charge in [-0.2, -0.15) is 0 Å². The molecule has 0 saturated heterocycles. The maximum atomic E-state index is 13.7. The molecule has 2 unspecified atom stereocenters. The van der Waals surface area contributed by atoms with Gasteiger partial charge in [0.2, 0.25) is 11.8 Å². The fraction of sp³-hybridized carbons (Fsp3) is 0.385. The van der Waals surface area contributed by atoms with Gasteiger partial charge in [0.25, 0.3) is 5.91 Å². The highest BCUT2D eigenvalue weighted by molar-refractivity contribution is 6.34. The lowest BCUT2D eigenvalue weighted by molar-refractivity contribution is -0.142. The number of nitrogens with zero attached hydrogens (tertiary/aromatic N) is 1. The molecular formula is C26H33ClN4O6. The molecule has 0 saturated carbocycles. The minimum Gasteiger partial charge on any atom is -0.444 e. The predicted octanol–water partition coefficient (Wildman–Crippen LogP) is 2.92. The molecule has 2 atom stereocenters. The second-order valence-electron chi connectivity index (χ2n) is 9.36. The van der Waals surface area contributed by atoms with Gasteiger partial charge in [-0.05, 0) is 44.9 Å². The molecule has 0 aliphatic heterocycles. The first-order valence-corrected chi connectivity index (χ1v) is 12.0. The Labute approximate surface area is 221 Å². The average Bonchev–Trinajstić information content (AvgIpc) is 2.79. The van der Waals surface area contributed by atoms with Gasteiger partial charge in [-0.25, -0.2) is 4.79 Å². The van der Waals surface area contributed by atoms with Crippen molar-refractivity contribution >= 4 is 41.1 Å². The number of nitrogens with two attached hydrogens (primary N) is 1. The van der Waals surface area contributed by atoms with Crippen molar-refractivity contribution in [1.82, 2.24) is 10.2 Å². The molecule has 0 bridgehead atoms. The number of para-hydroxylation sites is 1. The molecule has 4 amide bonds. The molecule has 0 spiro atoms. The zero-order valence-corrected chi connectivity index (χ0v) is 22.0. The van der Waals surface area contributed by atoms with Crippen LogP contribution in [-0.2, 0) is 19.1 Å². The third-order valence-electron chi connectivity index (χ3n) is 5.16. The smallest absolute Gasteiger partial charge is 0.408 e. The molecule has 200 valence electrons. The van der Waals surface area contributed by atoms with Crippen molar-refractivity contribution in [1.29, 1.82) is 0 Å². The monoisotopic (exact) mass is 532 g/mol. The summed E-state index contributed by atoms with van der Waals surface area (Å²) in [5.74, 6) is -2.27. The van der Waals surface area contributed by atoms with Crippen LogP contribution in [0, 0.1) is 6.92 Å². The number of aliphatic hydroxyl groups is 1. The number of halogens is 1. The van der Waals surface area contributed by atoms with Gasteiger partial charge in [0, 0.05) is 6.54 Å². The number of carbonyl (C=O) groups excluding carboxylic acids is 4. The molecular weight excluding hydrogens is 500 g/mol. The SMILES string of the molecule is Cc1cccc(Cl)c1NC(=O)C(c1ccccc1)N(CCO)C(=O)C(CC(N)=O)NC(=O)OC(C)(C)C. The van der Waals surface area contributed by atoms with Gasteiger partial charge in [0.05, 0.1) is 23.7 Å². The Bertz CT molecular complexity index is 1100. The van der Waals surface area contributed by atoms with Crippen LogP contribution in [0.1, 0.15) is 44.4 Å². The summed E-state index contributed by atoms with van der Waals surface area (Å²) in [5, 5.41) is 15.2. The fourth-order valence-corrected chi connectivity index (χ4v) is 3.88. The highest BCUT2D eigenvalue weighted by atomic mass is 35.5. The van der Waals surface area contributed by atoms with Gasteiger partial charge in [0.15, 0.2) is 0 Å². The van der Waals surface area contributed by atoms with Crippen molar-refractivity contribution in [2.24, 2.45) is 5.73 Å². The summed E-state index contributed by atoms with van der Waals surface area (Å²) in [7, 11) is 0. The van der Waals surface area contributed by atoms with E-state index in [1.165, 1.54) is 0 Å². The van der Waals surface area contributed by atoms with Crippen LogP contribution in [0.2, 0.25) is 5.02 Å². The Morgan fingerprint density at radius 1 is 1.08 bits per heavy atom. The van der Waals surface area contributed by atoms with Gasteiger partial charge in [-0.3, -0.25) is 14.4 Å². The van der Waals surface area contributed by atoms with E-state index >= 15 is 0 Å². The number of hydrogen-bond acceptors (Lipinski definition) is 6. The quantitative estimate of drug-likeness (QED) is 0.369. The van der Waals surface area contributed by atoms with E-state index in [-0.39, 0.29) is 6.54 Å². The van der Waals surface area contributed by atoms with Crippen LogP contribution < -0.4 is 16.4 Å². The van der Waals surface area contributed by atoms with E-state index in [4.69, 9.17) is 22.1 Å². The molecule has 37 heavy (non-hydrogen) atoms. The lowest BCUT2D eigenvalue weighted by Crippen LogP contribution is -2.54. The van der Waals surface area contributed by atoms with Crippen molar-refractivity contribution in [2.75, 3.05) is 18.5 Å². The number of nitrogens with one attached hydrogen (secondary N) is 2. The Balaban J connectivity index is 2.50. The fourth-order valence-electron chi connectivity index (χ4n) is 3.62. The highest BCUT2D eigenvalue weighted by Crippen LogP contribution is 2.29. The van der Waals surface area contributed by atoms with Gasteiger partial charge in [-0.15, -0.1) is 0 Å². The standard InChI is InChI=1S/C26H33ClN4O6/c1-16-9-8-12-18(27)21(16)30-23(34)22(17-10-6-5-7-11-17)31(13-14-32)24(35)19(15-20(28)33)29-25(36)37-26(2,3)4/h5-12,19,22,32H,13-15H2,1-4H3,(H2,28,33)(H,29,36)(H,30,34). The predicted molar refractivity (Wildman–Crippen MR) is 140 cm³/mol. The molecule has 0 aliphatic carbocycles. The summed E-state index contributed by atoms with van der Waals surface area (Å²) >= 11 is 6.30. The van der Waals surface area contributed by atoms with E-state index in [2.05, 4.69) is 10.6 Å². The third kappa shape index (κ3) is 8.76. The molecule has 2 aromatic rings. The second kappa shape index (κ2) is 13.1. The van der Waals surface area contributed by atoms with Gasteiger partial charge >= 0.3 is 6.09 Å². The summed E-state index contributed by atoms with van der Waals surface area (Å²) in [5.41, 5.74) is 5.98. The minimum absolute atomic E-state index is 0.279. The first kappa shape index (κ1) is 29.6. The number of benzene rings is 2. The van der Waals surface area contributed by atoms with Crippen LogP contribution in [0.4, 0.5) is 10.5 Å². The molecule has 0 aromatic heterocycles. The van der Waals surface area contributed by atoms with Crippen LogP contribution in [0.5, 0.6) is 0 Å². The number of carbonyl (C=O) groups is 4. The maximum absolute atomic E-state index is 13.7. The number of aliphatic hydroxyl groups excluding tert-OH is 1. The molecule has 2 rings (SSSR count).